The van der Waals surface area contributed by atoms with Crippen molar-refractivity contribution in [3.63, 3.8) is 0 Å². The smallest absolute Gasteiger partial charge is 0.262 e. The molecule has 0 fully saturated rings. The van der Waals surface area contributed by atoms with Crippen molar-refractivity contribution in [2.75, 3.05) is 6.54 Å². The van der Waals surface area contributed by atoms with E-state index in [1.165, 1.54) is 24.5 Å². The molecule has 11 nitrogen and oxygen atoms in total. The second-order valence-corrected chi connectivity index (χ2v) is 7.71. The Morgan fingerprint density at radius 3 is 2.09 bits per heavy atom. The summed E-state index contributed by atoms with van der Waals surface area (Å²) in [4.78, 5) is 48.9. The first-order valence-electron chi connectivity index (χ1n) is 10.6. The first-order valence-corrected chi connectivity index (χ1v) is 10.6. The van der Waals surface area contributed by atoms with Gasteiger partial charge in [-0.25, -0.2) is 5.48 Å². The highest BCUT2D eigenvalue weighted by atomic mass is 16.5. The number of benzene rings is 2. The van der Waals surface area contributed by atoms with Crippen molar-refractivity contribution in [1.29, 1.82) is 0 Å². The summed E-state index contributed by atoms with van der Waals surface area (Å²) in [6.07, 6.45) is 0.340. The van der Waals surface area contributed by atoms with Crippen molar-refractivity contribution in [3.05, 3.63) is 65.7 Å². The fourth-order valence-corrected chi connectivity index (χ4v) is 3.05. The molecule has 4 amide bonds. The number of amides is 4. The van der Waals surface area contributed by atoms with E-state index in [0.717, 1.165) is 11.1 Å². The SMILES string of the molecule is C[C@@H](NC(=O)[C@@H](N)Cc1ccc(O)cc1)C(=O)N[C@@H](Cc1ccccc1)C(=O)NCC(=O)NO. The third-order valence-electron chi connectivity index (χ3n) is 4.94. The van der Waals surface area contributed by atoms with Crippen LogP contribution in [0.15, 0.2) is 54.6 Å². The third kappa shape index (κ3) is 8.52. The van der Waals surface area contributed by atoms with Crippen LogP contribution in [0.3, 0.4) is 0 Å². The van der Waals surface area contributed by atoms with Gasteiger partial charge in [0.15, 0.2) is 0 Å². The minimum atomic E-state index is -1.04. The average molecular weight is 472 g/mol. The summed E-state index contributed by atoms with van der Waals surface area (Å²) in [5, 5.41) is 25.4. The molecule has 0 aromatic heterocycles. The minimum Gasteiger partial charge on any atom is -0.508 e. The maximum absolute atomic E-state index is 12.7. The standard InChI is InChI=1S/C23H29N5O6/c1-14(26-22(32)18(24)11-16-7-9-17(29)10-8-16)21(31)27-19(12-15-5-3-2-4-6-15)23(33)25-13-20(30)28-34/h2-10,14,18-19,29,34H,11-13,24H2,1H3,(H,25,33)(H,26,32)(H,27,31)(H,28,30)/t14-,18+,19+/m1/s1. The Bertz CT molecular complexity index is 983. The normalized spacial score (nSPS) is 13.1. The lowest BCUT2D eigenvalue weighted by Crippen LogP contribution is -2.56. The number of rotatable bonds is 11. The van der Waals surface area contributed by atoms with Gasteiger partial charge in [-0.1, -0.05) is 42.5 Å². The number of carbonyl (C=O) groups excluding carboxylic acids is 4. The van der Waals surface area contributed by atoms with Gasteiger partial charge in [0, 0.05) is 6.42 Å². The van der Waals surface area contributed by atoms with E-state index in [0.29, 0.717) is 0 Å². The monoisotopic (exact) mass is 471 g/mol. The van der Waals surface area contributed by atoms with Gasteiger partial charge in [0.2, 0.25) is 17.7 Å². The first-order chi connectivity index (χ1) is 16.2. The van der Waals surface area contributed by atoms with Crippen LogP contribution in [0, 0.1) is 0 Å². The summed E-state index contributed by atoms with van der Waals surface area (Å²) in [5.41, 5.74) is 8.85. The number of carbonyl (C=O) groups is 4. The summed E-state index contributed by atoms with van der Waals surface area (Å²) < 4.78 is 0. The quantitative estimate of drug-likeness (QED) is 0.164. The molecule has 0 aliphatic rings. The van der Waals surface area contributed by atoms with E-state index in [2.05, 4.69) is 16.0 Å². The van der Waals surface area contributed by atoms with Crippen LogP contribution in [0.2, 0.25) is 0 Å². The van der Waals surface area contributed by atoms with Crippen LogP contribution in [0.25, 0.3) is 0 Å². The lowest BCUT2D eigenvalue weighted by Gasteiger charge is -2.22. The molecule has 2 aromatic carbocycles. The maximum atomic E-state index is 12.7. The number of phenolic OH excluding ortho intramolecular Hbond substituents is 1. The Morgan fingerprint density at radius 2 is 1.47 bits per heavy atom. The van der Waals surface area contributed by atoms with Gasteiger partial charge in [0.1, 0.15) is 17.8 Å². The number of hydrogen-bond acceptors (Lipinski definition) is 7. The Labute approximate surface area is 196 Å². The van der Waals surface area contributed by atoms with Crippen LogP contribution in [-0.2, 0) is 32.0 Å². The zero-order chi connectivity index (χ0) is 25.1. The number of nitrogens with two attached hydrogens (primary N) is 1. The van der Waals surface area contributed by atoms with Crippen molar-refractivity contribution in [1.82, 2.24) is 21.4 Å². The van der Waals surface area contributed by atoms with Crippen LogP contribution in [0.4, 0.5) is 0 Å². The molecule has 11 heteroatoms. The van der Waals surface area contributed by atoms with Crippen LogP contribution < -0.4 is 27.2 Å². The van der Waals surface area contributed by atoms with Crippen molar-refractivity contribution in [2.45, 2.75) is 37.9 Å². The molecule has 2 aromatic rings. The molecule has 8 N–H and O–H groups in total. The van der Waals surface area contributed by atoms with E-state index in [1.807, 2.05) is 6.07 Å². The summed E-state index contributed by atoms with van der Waals surface area (Å²) in [6, 6.07) is 12.2. The molecule has 34 heavy (non-hydrogen) atoms. The second-order valence-electron chi connectivity index (χ2n) is 7.71. The van der Waals surface area contributed by atoms with Gasteiger partial charge in [-0.3, -0.25) is 24.4 Å². The van der Waals surface area contributed by atoms with E-state index in [-0.39, 0.29) is 18.6 Å². The summed E-state index contributed by atoms with van der Waals surface area (Å²) in [5.74, 6) is -2.53. The Hall–Kier alpha value is -3.96. The van der Waals surface area contributed by atoms with Crippen molar-refractivity contribution in [3.8, 4) is 5.75 Å². The molecule has 2 rings (SSSR count). The third-order valence-corrected chi connectivity index (χ3v) is 4.94. The molecular formula is C23H29N5O6. The summed E-state index contributed by atoms with van der Waals surface area (Å²) in [7, 11) is 0. The first kappa shape index (κ1) is 26.3. The van der Waals surface area contributed by atoms with E-state index >= 15 is 0 Å². The number of hydrogen-bond donors (Lipinski definition) is 7. The topological polar surface area (TPSA) is 183 Å². The van der Waals surface area contributed by atoms with Crippen LogP contribution in [-0.4, -0.2) is 58.6 Å². The molecule has 0 spiro atoms. The summed E-state index contributed by atoms with van der Waals surface area (Å²) in [6.45, 7) is 0.978. The van der Waals surface area contributed by atoms with E-state index in [9.17, 15) is 24.3 Å². The molecule has 0 aliphatic heterocycles. The van der Waals surface area contributed by atoms with Gasteiger partial charge in [0.25, 0.3) is 5.91 Å². The molecule has 0 saturated carbocycles. The Morgan fingerprint density at radius 1 is 0.853 bits per heavy atom. The molecule has 0 bridgehead atoms. The van der Waals surface area contributed by atoms with Gasteiger partial charge in [-0.05, 0) is 36.6 Å². The van der Waals surface area contributed by atoms with E-state index < -0.39 is 48.3 Å². The largest absolute Gasteiger partial charge is 0.508 e. The molecule has 0 saturated heterocycles. The predicted octanol–water partition coefficient (Wildman–Crippen LogP) is -0.884. The highest BCUT2D eigenvalue weighted by molar-refractivity contribution is 5.94. The molecule has 0 aliphatic carbocycles. The highest BCUT2D eigenvalue weighted by Crippen LogP contribution is 2.11. The molecule has 3 atom stereocenters. The zero-order valence-electron chi connectivity index (χ0n) is 18.7. The molecule has 182 valence electrons. The lowest BCUT2D eigenvalue weighted by molar-refractivity contribution is -0.133. The van der Waals surface area contributed by atoms with Crippen LogP contribution in [0.5, 0.6) is 5.75 Å². The molecular weight excluding hydrogens is 442 g/mol. The van der Waals surface area contributed by atoms with Gasteiger partial charge in [-0.15, -0.1) is 0 Å². The highest BCUT2D eigenvalue weighted by Gasteiger charge is 2.26. The van der Waals surface area contributed by atoms with E-state index in [4.69, 9.17) is 10.9 Å². The van der Waals surface area contributed by atoms with Crippen LogP contribution in [0.1, 0.15) is 18.1 Å². The number of hydroxylamine groups is 1. The Kier molecular flexibility index (Phi) is 9.99. The zero-order valence-corrected chi connectivity index (χ0v) is 18.7. The van der Waals surface area contributed by atoms with Crippen molar-refractivity contribution >= 4 is 23.6 Å². The molecule has 0 radical (unpaired) electrons. The lowest BCUT2D eigenvalue weighted by atomic mass is 10.0. The van der Waals surface area contributed by atoms with E-state index in [1.54, 1.807) is 36.4 Å². The molecule has 0 unspecified atom stereocenters. The van der Waals surface area contributed by atoms with Gasteiger partial charge < -0.3 is 26.8 Å². The summed E-state index contributed by atoms with van der Waals surface area (Å²) >= 11 is 0. The van der Waals surface area contributed by atoms with Gasteiger partial charge in [-0.2, -0.15) is 0 Å². The predicted molar refractivity (Wildman–Crippen MR) is 122 cm³/mol. The van der Waals surface area contributed by atoms with Crippen molar-refractivity contribution < 1.29 is 29.5 Å². The number of aromatic hydroxyl groups is 1. The van der Waals surface area contributed by atoms with Crippen molar-refractivity contribution in [2.24, 2.45) is 5.73 Å². The fraction of sp³-hybridized carbons (Fsp3) is 0.304. The van der Waals surface area contributed by atoms with Crippen LogP contribution >= 0.6 is 0 Å². The molecule has 0 heterocycles. The average Bonchev–Trinajstić information content (AvgIpc) is 2.83. The fourth-order valence-electron chi connectivity index (χ4n) is 3.05. The number of phenols is 1. The Balaban J connectivity index is 1.98. The minimum absolute atomic E-state index is 0.0955. The maximum Gasteiger partial charge on any atom is 0.262 e. The van der Waals surface area contributed by atoms with Gasteiger partial charge in [0.05, 0.1) is 12.6 Å². The number of nitrogens with one attached hydrogen (secondary N) is 4. The second kappa shape index (κ2) is 12.9. The van der Waals surface area contributed by atoms with Gasteiger partial charge >= 0.3 is 0 Å².